The van der Waals surface area contributed by atoms with Crippen molar-refractivity contribution >= 4 is 8.07 Å². The van der Waals surface area contributed by atoms with Crippen LogP contribution in [-0.2, 0) is 0 Å². The molecule has 1 heteroatoms. The average Bonchev–Trinajstić information content (AvgIpc) is 2.84. The van der Waals surface area contributed by atoms with E-state index in [2.05, 4.69) is 24.9 Å². The minimum atomic E-state index is -1.88. The first-order chi connectivity index (χ1) is 16.2. The molecule has 0 fully saturated rings. The van der Waals surface area contributed by atoms with Gasteiger partial charge in [0, 0.05) is 0 Å². The molecule has 192 valence electrons. The van der Waals surface area contributed by atoms with Gasteiger partial charge in [0.05, 0.1) is 0 Å². The number of rotatable bonds is 26. The number of terminal acetylenes is 2. The van der Waals surface area contributed by atoms with E-state index in [4.69, 9.17) is 12.8 Å². The van der Waals surface area contributed by atoms with Crippen LogP contribution in [0.15, 0.2) is 0 Å². The molecular weight excluding hydrogens is 412 g/mol. The van der Waals surface area contributed by atoms with Crippen molar-refractivity contribution in [3.05, 3.63) is 0 Å². The van der Waals surface area contributed by atoms with Gasteiger partial charge in [-0.2, -0.15) is 0 Å². The standard InChI is InChI=1S/C32H60Si/c1-5-9-11-13-15-17-19-21-23-25-27-29-31-33(7-3,8-4)32-30-28-26-24-22-20-18-16-14-12-10-6-2/h3-4H,5-6,9-32H2,1-2H3. The quantitative estimate of drug-likeness (QED) is 0.0666. The lowest BCUT2D eigenvalue weighted by atomic mass is 10.1. The Labute approximate surface area is 211 Å². The van der Waals surface area contributed by atoms with E-state index in [1.165, 1.54) is 154 Å². The first-order valence-electron chi connectivity index (χ1n) is 15.2. The van der Waals surface area contributed by atoms with Crippen LogP contribution in [0.5, 0.6) is 0 Å². The van der Waals surface area contributed by atoms with E-state index in [9.17, 15) is 0 Å². The Morgan fingerprint density at radius 2 is 0.576 bits per heavy atom. The van der Waals surface area contributed by atoms with E-state index in [0.717, 1.165) is 12.1 Å². The molecule has 0 heterocycles. The van der Waals surface area contributed by atoms with Crippen LogP contribution >= 0.6 is 0 Å². The van der Waals surface area contributed by atoms with Crippen molar-refractivity contribution in [2.24, 2.45) is 0 Å². The van der Waals surface area contributed by atoms with Gasteiger partial charge in [-0.3, -0.25) is 0 Å². The van der Waals surface area contributed by atoms with Gasteiger partial charge in [-0.25, -0.2) is 0 Å². The minimum Gasteiger partial charge on any atom is -0.126 e. The zero-order valence-corrected chi connectivity index (χ0v) is 24.0. The average molecular weight is 473 g/mol. The summed E-state index contributed by atoms with van der Waals surface area (Å²) in [5.41, 5.74) is 6.29. The summed E-state index contributed by atoms with van der Waals surface area (Å²) >= 11 is 0. The van der Waals surface area contributed by atoms with Gasteiger partial charge < -0.3 is 0 Å². The largest absolute Gasteiger partial charge is 0.216 e. The van der Waals surface area contributed by atoms with Gasteiger partial charge in [-0.1, -0.05) is 168 Å². The molecule has 33 heavy (non-hydrogen) atoms. The normalized spacial score (nSPS) is 11.4. The highest BCUT2D eigenvalue weighted by molar-refractivity contribution is 6.94. The SMILES string of the molecule is C#C[Si](C#C)(CCCCCCCCCCCCCC)CCCCCCCCCCCCCC. The van der Waals surface area contributed by atoms with Crippen molar-refractivity contribution in [2.45, 2.75) is 180 Å². The Morgan fingerprint density at radius 3 is 0.788 bits per heavy atom. The smallest absolute Gasteiger partial charge is 0.126 e. The maximum Gasteiger partial charge on any atom is 0.216 e. The molecule has 0 aliphatic carbocycles. The number of hydrogen-bond acceptors (Lipinski definition) is 0. The first kappa shape index (κ1) is 32.3. The van der Waals surface area contributed by atoms with E-state index in [1.807, 2.05) is 0 Å². The van der Waals surface area contributed by atoms with Gasteiger partial charge in [0.25, 0.3) is 0 Å². The molecule has 0 radical (unpaired) electrons. The van der Waals surface area contributed by atoms with E-state index in [-0.39, 0.29) is 0 Å². The molecular formula is C32H60Si. The predicted octanol–water partition coefficient (Wildman–Crippen LogP) is 11.2. The Balaban J connectivity index is 3.61. The maximum absolute atomic E-state index is 5.97. The van der Waals surface area contributed by atoms with Gasteiger partial charge >= 0.3 is 0 Å². The van der Waals surface area contributed by atoms with E-state index < -0.39 is 8.07 Å². The highest BCUT2D eigenvalue weighted by Gasteiger charge is 2.27. The monoisotopic (exact) mass is 472 g/mol. The van der Waals surface area contributed by atoms with Gasteiger partial charge in [0.2, 0.25) is 8.07 Å². The Kier molecular flexibility index (Phi) is 25.4. The summed E-state index contributed by atoms with van der Waals surface area (Å²) in [6.45, 7) is 4.58. The first-order valence-corrected chi connectivity index (χ1v) is 17.6. The fraction of sp³-hybridized carbons (Fsp3) is 0.875. The fourth-order valence-corrected chi connectivity index (χ4v) is 7.61. The van der Waals surface area contributed by atoms with Crippen molar-refractivity contribution in [3.63, 3.8) is 0 Å². The maximum atomic E-state index is 5.97. The minimum absolute atomic E-state index is 1.16. The van der Waals surface area contributed by atoms with E-state index in [1.54, 1.807) is 0 Å². The molecule has 0 saturated carbocycles. The van der Waals surface area contributed by atoms with Crippen LogP contribution in [0.25, 0.3) is 0 Å². The van der Waals surface area contributed by atoms with Gasteiger partial charge in [-0.05, 0) is 12.1 Å². The number of unbranched alkanes of at least 4 members (excludes halogenated alkanes) is 22. The van der Waals surface area contributed by atoms with Crippen molar-refractivity contribution in [1.29, 1.82) is 0 Å². The third-order valence-electron chi connectivity index (χ3n) is 7.47. The highest BCUT2D eigenvalue weighted by atomic mass is 28.3. The molecule has 0 aromatic heterocycles. The second-order valence-electron chi connectivity index (χ2n) is 10.6. The molecule has 0 spiro atoms. The predicted molar refractivity (Wildman–Crippen MR) is 155 cm³/mol. The molecule has 0 unspecified atom stereocenters. The summed E-state index contributed by atoms with van der Waals surface area (Å²) in [6.07, 6.45) is 45.4. The van der Waals surface area contributed by atoms with Crippen LogP contribution in [0.2, 0.25) is 12.1 Å². The van der Waals surface area contributed by atoms with Crippen LogP contribution < -0.4 is 0 Å². The molecule has 0 aliphatic heterocycles. The van der Waals surface area contributed by atoms with Crippen molar-refractivity contribution in [1.82, 2.24) is 0 Å². The second-order valence-corrected chi connectivity index (χ2v) is 14.4. The molecule has 0 bridgehead atoms. The number of hydrogen-bond donors (Lipinski definition) is 0. The summed E-state index contributed by atoms with van der Waals surface area (Å²) in [6, 6.07) is 2.32. The van der Waals surface area contributed by atoms with Crippen LogP contribution in [-0.4, -0.2) is 8.07 Å². The molecule has 0 atom stereocenters. The van der Waals surface area contributed by atoms with Crippen molar-refractivity contribution < 1.29 is 0 Å². The summed E-state index contributed by atoms with van der Waals surface area (Å²) in [4.78, 5) is 0. The van der Waals surface area contributed by atoms with Gasteiger partial charge in [0.15, 0.2) is 0 Å². The second kappa shape index (κ2) is 26.0. The molecule has 0 rings (SSSR count). The van der Waals surface area contributed by atoms with Crippen LogP contribution in [0.3, 0.4) is 0 Å². The molecule has 0 saturated heterocycles. The van der Waals surface area contributed by atoms with Gasteiger partial charge in [-0.15, -0.1) is 23.9 Å². The summed E-state index contributed by atoms with van der Waals surface area (Å²) in [5.74, 6) is 0. The van der Waals surface area contributed by atoms with Crippen LogP contribution in [0, 0.1) is 23.9 Å². The lowest BCUT2D eigenvalue weighted by Crippen LogP contribution is -2.30. The lowest BCUT2D eigenvalue weighted by Gasteiger charge is -2.19. The fourth-order valence-electron chi connectivity index (χ4n) is 4.99. The molecule has 0 aliphatic rings. The molecule has 0 nitrogen and oxygen atoms in total. The van der Waals surface area contributed by atoms with Crippen LogP contribution in [0.4, 0.5) is 0 Å². The zero-order chi connectivity index (χ0) is 24.3. The van der Waals surface area contributed by atoms with E-state index >= 15 is 0 Å². The highest BCUT2D eigenvalue weighted by Crippen LogP contribution is 2.23. The van der Waals surface area contributed by atoms with E-state index in [0.29, 0.717) is 0 Å². The Hall–Kier alpha value is -0.663. The lowest BCUT2D eigenvalue weighted by molar-refractivity contribution is 0.546. The van der Waals surface area contributed by atoms with Crippen LogP contribution in [0.1, 0.15) is 168 Å². The van der Waals surface area contributed by atoms with Crippen molar-refractivity contribution in [3.8, 4) is 23.9 Å². The summed E-state index contributed by atoms with van der Waals surface area (Å²) < 4.78 is 0. The third-order valence-corrected chi connectivity index (χ3v) is 11.0. The summed E-state index contributed by atoms with van der Waals surface area (Å²) in [5, 5.41) is 0. The van der Waals surface area contributed by atoms with Gasteiger partial charge in [0.1, 0.15) is 0 Å². The Bertz CT molecular complexity index is 422. The molecule has 0 aromatic rings. The molecule has 0 amide bonds. The zero-order valence-electron chi connectivity index (χ0n) is 23.0. The molecule has 0 aromatic carbocycles. The third kappa shape index (κ3) is 21.6. The molecule has 0 N–H and O–H groups in total. The topological polar surface area (TPSA) is 0 Å². The Morgan fingerprint density at radius 1 is 0.364 bits per heavy atom. The summed E-state index contributed by atoms with van der Waals surface area (Å²) in [7, 11) is -1.88. The van der Waals surface area contributed by atoms with Crippen molar-refractivity contribution in [2.75, 3.05) is 0 Å².